The van der Waals surface area contributed by atoms with E-state index in [0.717, 1.165) is 38.8 Å². The third-order valence-corrected chi connectivity index (χ3v) is 4.85. The molecule has 19 heavy (non-hydrogen) atoms. The third kappa shape index (κ3) is 6.89. The van der Waals surface area contributed by atoms with E-state index in [-0.39, 0.29) is 17.8 Å². The van der Waals surface area contributed by atoms with Crippen molar-refractivity contribution in [2.45, 2.75) is 51.1 Å². The van der Waals surface area contributed by atoms with E-state index < -0.39 is 10.0 Å². The number of amides is 1. The SMILES string of the molecule is CCCC[C@@H](CS(=O)(=O)NC1CCNCC1)NC=O. The van der Waals surface area contributed by atoms with Crippen molar-refractivity contribution in [2.24, 2.45) is 0 Å². The van der Waals surface area contributed by atoms with E-state index in [9.17, 15) is 13.2 Å². The molecule has 0 aromatic rings. The van der Waals surface area contributed by atoms with E-state index in [0.29, 0.717) is 12.8 Å². The second-order valence-electron chi connectivity index (χ2n) is 5.05. The molecule has 6 nitrogen and oxygen atoms in total. The normalized spacial score (nSPS) is 19.0. The zero-order valence-electron chi connectivity index (χ0n) is 11.5. The van der Waals surface area contributed by atoms with Crippen LogP contribution in [-0.4, -0.2) is 45.8 Å². The molecule has 1 atom stereocenters. The second-order valence-corrected chi connectivity index (χ2v) is 6.85. The minimum Gasteiger partial charge on any atom is -0.355 e. The van der Waals surface area contributed by atoms with Crippen LogP contribution in [-0.2, 0) is 14.8 Å². The first-order valence-corrected chi connectivity index (χ1v) is 8.63. The average molecular weight is 291 g/mol. The minimum absolute atomic E-state index is 0.0225. The highest BCUT2D eigenvalue weighted by molar-refractivity contribution is 7.89. The number of carbonyl (C=O) groups excluding carboxylic acids is 1. The number of piperidine rings is 1. The molecule has 0 aromatic heterocycles. The van der Waals surface area contributed by atoms with Crippen LogP contribution in [0.15, 0.2) is 0 Å². The Morgan fingerprint density at radius 3 is 2.63 bits per heavy atom. The maximum absolute atomic E-state index is 12.1. The molecule has 0 unspecified atom stereocenters. The molecule has 0 bridgehead atoms. The Balaban J connectivity index is 2.46. The van der Waals surface area contributed by atoms with Crippen LogP contribution in [0.5, 0.6) is 0 Å². The summed E-state index contributed by atoms with van der Waals surface area (Å²) in [5.74, 6) is -0.0321. The lowest BCUT2D eigenvalue weighted by Gasteiger charge is -2.24. The van der Waals surface area contributed by atoms with Crippen LogP contribution in [0.3, 0.4) is 0 Å². The van der Waals surface area contributed by atoms with Crippen LogP contribution in [0, 0.1) is 0 Å². The lowest BCUT2D eigenvalue weighted by Crippen LogP contribution is -2.46. The van der Waals surface area contributed by atoms with Crippen molar-refractivity contribution < 1.29 is 13.2 Å². The fourth-order valence-corrected chi connectivity index (χ4v) is 3.90. The average Bonchev–Trinajstić information content (AvgIpc) is 2.36. The number of hydrogen-bond acceptors (Lipinski definition) is 4. The Morgan fingerprint density at radius 1 is 1.37 bits per heavy atom. The summed E-state index contributed by atoms with van der Waals surface area (Å²) in [5.41, 5.74) is 0. The van der Waals surface area contributed by atoms with Gasteiger partial charge >= 0.3 is 0 Å². The molecule has 1 aliphatic rings. The molecular weight excluding hydrogens is 266 g/mol. The van der Waals surface area contributed by atoms with Gasteiger partial charge in [0, 0.05) is 12.1 Å². The first kappa shape index (κ1) is 16.4. The Kier molecular flexibility index (Phi) is 7.33. The fraction of sp³-hybridized carbons (Fsp3) is 0.917. The summed E-state index contributed by atoms with van der Waals surface area (Å²) in [7, 11) is -3.33. The van der Waals surface area contributed by atoms with Crippen LogP contribution < -0.4 is 15.4 Å². The van der Waals surface area contributed by atoms with Gasteiger partial charge in [-0.25, -0.2) is 13.1 Å². The van der Waals surface area contributed by atoms with Crippen molar-refractivity contribution in [1.29, 1.82) is 0 Å². The van der Waals surface area contributed by atoms with Crippen LogP contribution >= 0.6 is 0 Å². The smallest absolute Gasteiger partial charge is 0.213 e. The number of unbranched alkanes of at least 4 members (excludes halogenated alkanes) is 1. The monoisotopic (exact) mass is 291 g/mol. The summed E-state index contributed by atoms with van der Waals surface area (Å²) < 4.78 is 26.9. The molecule has 0 aromatic carbocycles. The van der Waals surface area contributed by atoms with E-state index in [1.165, 1.54) is 0 Å². The second kappa shape index (κ2) is 8.50. The lowest BCUT2D eigenvalue weighted by atomic mass is 10.1. The van der Waals surface area contributed by atoms with Crippen molar-refractivity contribution in [3.63, 3.8) is 0 Å². The van der Waals surface area contributed by atoms with Crippen molar-refractivity contribution in [3.8, 4) is 0 Å². The molecule has 0 saturated carbocycles. The number of sulfonamides is 1. The molecule has 112 valence electrons. The first-order valence-electron chi connectivity index (χ1n) is 6.98. The van der Waals surface area contributed by atoms with Gasteiger partial charge in [0.25, 0.3) is 0 Å². The molecule has 0 radical (unpaired) electrons. The molecular formula is C12H25N3O3S. The molecule has 0 aliphatic carbocycles. The Hall–Kier alpha value is -0.660. The highest BCUT2D eigenvalue weighted by atomic mass is 32.2. The third-order valence-electron chi connectivity index (χ3n) is 3.32. The molecule has 1 saturated heterocycles. The van der Waals surface area contributed by atoms with Gasteiger partial charge in [-0.1, -0.05) is 19.8 Å². The van der Waals surface area contributed by atoms with Crippen LogP contribution in [0.2, 0.25) is 0 Å². The lowest BCUT2D eigenvalue weighted by molar-refractivity contribution is -0.110. The van der Waals surface area contributed by atoms with Gasteiger partial charge in [0.05, 0.1) is 5.75 Å². The summed E-state index contributed by atoms with van der Waals surface area (Å²) >= 11 is 0. The highest BCUT2D eigenvalue weighted by Crippen LogP contribution is 2.07. The molecule has 0 spiro atoms. The molecule has 1 rings (SSSR count). The Morgan fingerprint density at radius 2 is 2.05 bits per heavy atom. The van der Waals surface area contributed by atoms with E-state index in [1.807, 2.05) is 6.92 Å². The quantitative estimate of drug-likeness (QED) is 0.520. The molecule has 3 N–H and O–H groups in total. The van der Waals surface area contributed by atoms with Crippen LogP contribution in [0.1, 0.15) is 39.0 Å². The van der Waals surface area contributed by atoms with Gasteiger partial charge in [-0.3, -0.25) is 4.79 Å². The predicted molar refractivity (Wildman–Crippen MR) is 75.3 cm³/mol. The number of rotatable bonds is 9. The fourth-order valence-electron chi connectivity index (χ4n) is 2.27. The molecule has 1 aliphatic heterocycles. The van der Waals surface area contributed by atoms with E-state index in [2.05, 4.69) is 15.4 Å². The molecule has 1 heterocycles. The van der Waals surface area contributed by atoms with Crippen LogP contribution in [0.4, 0.5) is 0 Å². The van der Waals surface area contributed by atoms with E-state index >= 15 is 0 Å². The van der Waals surface area contributed by atoms with Crippen molar-refractivity contribution in [1.82, 2.24) is 15.4 Å². The molecule has 1 fully saturated rings. The van der Waals surface area contributed by atoms with Gasteiger partial charge in [-0.15, -0.1) is 0 Å². The van der Waals surface area contributed by atoms with Gasteiger partial charge < -0.3 is 10.6 Å². The number of carbonyl (C=O) groups is 1. The first-order chi connectivity index (χ1) is 9.07. The summed E-state index contributed by atoms with van der Waals surface area (Å²) in [5, 5.41) is 5.79. The van der Waals surface area contributed by atoms with Gasteiger partial charge in [-0.2, -0.15) is 0 Å². The van der Waals surface area contributed by atoms with E-state index in [4.69, 9.17) is 0 Å². The summed E-state index contributed by atoms with van der Waals surface area (Å²) in [6.07, 6.45) is 4.82. The van der Waals surface area contributed by atoms with E-state index in [1.54, 1.807) is 0 Å². The Labute approximate surface area is 115 Å². The van der Waals surface area contributed by atoms with Crippen LogP contribution in [0.25, 0.3) is 0 Å². The summed E-state index contributed by atoms with van der Waals surface area (Å²) in [6.45, 7) is 3.73. The van der Waals surface area contributed by atoms with Crippen molar-refractivity contribution in [3.05, 3.63) is 0 Å². The number of hydrogen-bond donors (Lipinski definition) is 3. The Bertz CT molecular complexity index is 353. The largest absolute Gasteiger partial charge is 0.355 e. The minimum atomic E-state index is -3.33. The molecule has 1 amide bonds. The zero-order valence-corrected chi connectivity index (χ0v) is 12.3. The number of nitrogens with one attached hydrogen (secondary N) is 3. The summed E-state index contributed by atoms with van der Waals surface area (Å²) in [4.78, 5) is 10.5. The van der Waals surface area contributed by atoms with Crippen molar-refractivity contribution in [2.75, 3.05) is 18.8 Å². The van der Waals surface area contributed by atoms with Gasteiger partial charge in [0.15, 0.2) is 0 Å². The predicted octanol–water partition coefficient (Wildman–Crippen LogP) is -0.0374. The standard InChI is InChI=1S/C12H25N3O3S/c1-2-3-4-12(14-10-16)9-19(17,18)15-11-5-7-13-8-6-11/h10-13,15H,2-9H2,1H3,(H,14,16)/t12-/m0/s1. The molecule has 7 heteroatoms. The highest BCUT2D eigenvalue weighted by Gasteiger charge is 2.23. The topological polar surface area (TPSA) is 87.3 Å². The van der Waals surface area contributed by atoms with Gasteiger partial charge in [0.2, 0.25) is 16.4 Å². The van der Waals surface area contributed by atoms with Gasteiger partial charge in [0.1, 0.15) is 0 Å². The zero-order chi connectivity index (χ0) is 14.1. The van der Waals surface area contributed by atoms with Crippen molar-refractivity contribution >= 4 is 16.4 Å². The maximum atomic E-state index is 12.1. The summed E-state index contributed by atoms with van der Waals surface area (Å²) in [6, 6.07) is -0.272. The van der Waals surface area contributed by atoms with Gasteiger partial charge in [-0.05, 0) is 32.4 Å². The maximum Gasteiger partial charge on any atom is 0.213 e.